The van der Waals surface area contributed by atoms with Crippen LogP contribution in [0.4, 0.5) is 10.1 Å². The normalized spacial score (nSPS) is 11.6. The lowest BCUT2D eigenvalue weighted by Crippen LogP contribution is -2.25. The summed E-state index contributed by atoms with van der Waals surface area (Å²) in [5.74, 6) is -0.256. The fourth-order valence-electron chi connectivity index (χ4n) is 3.14. The number of rotatable bonds is 7. The molecule has 1 aromatic heterocycles. The highest BCUT2D eigenvalue weighted by molar-refractivity contribution is 6.31. The van der Waals surface area contributed by atoms with Crippen molar-refractivity contribution in [2.45, 2.75) is 20.3 Å². The van der Waals surface area contributed by atoms with Gasteiger partial charge < -0.3 is 10.2 Å². The van der Waals surface area contributed by atoms with Crippen molar-refractivity contribution in [1.82, 2.24) is 9.88 Å². The summed E-state index contributed by atoms with van der Waals surface area (Å²) in [6, 6.07) is 10.3. The van der Waals surface area contributed by atoms with Crippen LogP contribution in [0.25, 0.3) is 21.8 Å². The molecule has 0 spiro atoms. The largest absolute Gasteiger partial charge is 0.384 e. The van der Waals surface area contributed by atoms with E-state index in [1.165, 1.54) is 6.07 Å². The second kappa shape index (κ2) is 7.98. The summed E-state index contributed by atoms with van der Waals surface area (Å²) in [5, 5.41) is 5.92. The summed E-state index contributed by atoms with van der Waals surface area (Å²) >= 11 is 6.12. The van der Waals surface area contributed by atoms with E-state index >= 15 is 0 Å². The fraction of sp³-hybridized carbons (Fsp3) is 0.350. The van der Waals surface area contributed by atoms with Crippen LogP contribution in [0.3, 0.4) is 0 Å². The van der Waals surface area contributed by atoms with Gasteiger partial charge in [-0.05, 0) is 62.5 Å². The third-order valence-electron chi connectivity index (χ3n) is 4.55. The van der Waals surface area contributed by atoms with E-state index in [0.29, 0.717) is 5.02 Å². The molecule has 1 heterocycles. The van der Waals surface area contributed by atoms with E-state index in [4.69, 9.17) is 11.6 Å². The molecule has 3 nitrogen and oxygen atoms in total. The zero-order chi connectivity index (χ0) is 17.8. The van der Waals surface area contributed by atoms with Crippen LogP contribution in [-0.2, 0) is 0 Å². The first-order valence-corrected chi connectivity index (χ1v) is 9.15. The minimum Gasteiger partial charge on any atom is -0.384 e. The van der Waals surface area contributed by atoms with Crippen LogP contribution in [-0.4, -0.2) is 36.1 Å². The molecular formula is C20H23ClFN3. The van der Waals surface area contributed by atoms with E-state index in [1.807, 2.05) is 18.2 Å². The number of fused-ring (bicyclic) bond motifs is 2. The molecule has 2 aromatic carbocycles. The molecule has 0 saturated heterocycles. The van der Waals surface area contributed by atoms with E-state index in [9.17, 15) is 4.39 Å². The molecule has 3 rings (SSSR count). The van der Waals surface area contributed by atoms with Crippen LogP contribution in [0.1, 0.15) is 20.3 Å². The molecule has 0 aliphatic carbocycles. The maximum absolute atomic E-state index is 13.8. The number of nitrogens with zero attached hydrogens (tertiary/aromatic N) is 2. The molecule has 0 atom stereocenters. The van der Waals surface area contributed by atoms with Gasteiger partial charge in [0.05, 0.1) is 16.7 Å². The Labute approximate surface area is 152 Å². The van der Waals surface area contributed by atoms with Crippen molar-refractivity contribution in [2.24, 2.45) is 0 Å². The van der Waals surface area contributed by atoms with Crippen molar-refractivity contribution in [3.8, 4) is 0 Å². The highest BCUT2D eigenvalue weighted by Crippen LogP contribution is 2.32. The van der Waals surface area contributed by atoms with Crippen molar-refractivity contribution in [2.75, 3.05) is 31.5 Å². The van der Waals surface area contributed by atoms with Crippen molar-refractivity contribution < 1.29 is 4.39 Å². The molecule has 132 valence electrons. The molecule has 0 radical (unpaired) electrons. The number of hydrogen-bond donors (Lipinski definition) is 1. The smallest absolute Gasteiger partial charge is 0.124 e. The zero-order valence-electron chi connectivity index (χ0n) is 14.6. The molecule has 0 amide bonds. The van der Waals surface area contributed by atoms with Crippen LogP contribution in [0.2, 0.25) is 5.02 Å². The number of hydrogen-bond acceptors (Lipinski definition) is 3. The zero-order valence-corrected chi connectivity index (χ0v) is 15.4. The first-order valence-electron chi connectivity index (χ1n) is 8.77. The van der Waals surface area contributed by atoms with Crippen LogP contribution in [0.15, 0.2) is 36.4 Å². The number of halogens is 2. The number of anilines is 1. The van der Waals surface area contributed by atoms with Crippen molar-refractivity contribution in [3.63, 3.8) is 0 Å². The summed E-state index contributed by atoms with van der Waals surface area (Å²) in [6.07, 6.45) is 1.02. The number of benzene rings is 2. The molecule has 3 aromatic rings. The Morgan fingerprint density at radius 1 is 1.04 bits per heavy atom. The van der Waals surface area contributed by atoms with E-state index in [1.54, 1.807) is 12.1 Å². The average Bonchev–Trinajstić information content (AvgIpc) is 2.61. The first-order chi connectivity index (χ1) is 12.1. The monoisotopic (exact) mass is 359 g/mol. The van der Waals surface area contributed by atoms with Gasteiger partial charge >= 0.3 is 0 Å². The summed E-state index contributed by atoms with van der Waals surface area (Å²) in [7, 11) is 0. The van der Waals surface area contributed by atoms with E-state index in [2.05, 4.69) is 29.0 Å². The van der Waals surface area contributed by atoms with Gasteiger partial charge in [-0.2, -0.15) is 0 Å². The predicted octanol–water partition coefficient (Wildman–Crippen LogP) is 5.32. The quantitative estimate of drug-likeness (QED) is 0.457. The highest BCUT2D eigenvalue weighted by Gasteiger charge is 2.10. The molecule has 1 N–H and O–H groups in total. The molecule has 0 aliphatic heterocycles. The molecule has 5 heteroatoms. The van der Waals surface area contributed by atoms with Crippen LogP contribution in [0, 0.1) is 5.82 Å². The molecule has 0 unspecified atom stereocenters. The second-order valence-electron chi connectivity index (χ2n) is 6.12. The third kappa shape index (κ3) is 4.02. The standard InChI is InChI=1S/C20H23ClFN3/c1-3-25(4-2)11-5-10-23-20-16-8-6-14(21)12-19(16)24-18-9-7-15(22)13-17(18)20/h6-9,12-13H,3-5,10-11H2,1-2H3,(H,23,24). The van der Waals surface area contributed by atoms with Gasteiger partial charge in [0.1, 0.15) is 5.82 Å². The third-order valence-corrected chi connectivity index (χ3v) is 4.78. The Hall–Kier alpha value is -1.91. The van der Waals surface area contributed by atoms with Gasteiger partial charge in [-0.25, -0.2) is 9.37 Å². The van der Waals surface area contributed by atoms with Crippen molar-refractivity contribution in [3.05, 3.63) is 47.2 Å². The van der Waals surface area contributed by atoms with E-state index < -0.39 is 0 Å². The number of pyridine rings is 1. The lowest BCUT2D eigenvalue weighted by molar-refractivity contribution is 0.303. The Morgan fingerprint density at radius 2 is 1.84 bits per heavy atom. The maximum Gasteiger partial charge on any atom is 0.124 e. The van der Waals surface area contributed by atoms with Gasteiger partial charge in [0, 0.05) is 22.3 Å². The Bertz CT molecular complexity index is 878. The number of nitrogens with one attached hydrogen (secondary N) is 1. The van der Waals surface area contributed by atoms with Gasteiger partial charge in [-0.15, -0.1) is 0 Å². The Morgan fingerprint density at radius 3 is 2.60 bits per heavy atom. The molecule has 0 saturated carbocycles. The summed E-state index contributed by atoms with van der Waals surface area (Å²) in [6.45, 7) is 8.33. The maximum atomic E-state index is 13.8. The van der Waals surface area contributed by atoms with Gasteiger partial charge in [0.25, 0.3) is 0 Å². The highest BCUT2D eigenvalue weighted by atomic mass is 35.5. The van der Waals surface area contributed by atoms with Gasteiger partial charge in [-0.1, -0.05) is 25.4 Å². The van der Waals surface area contributed by atoms with E-state index in [-0.39, 0.29) is 5.82 Å². The second-order valence-corrected chi connectivity index (χ2v) is 6.55. The number of aromatic nitrogens is 1. The van der Waals surface area contributed by atoms with Crippen molar-refractivity contribution >= 4 is 39.1 Å². The summed E-state index contributed by atoms with van der Waals surface area (Å²) in [5.41, 5.74) is 2.51. The van der Waals surface area contributed by atoms with Crippen molar-refractivity contribution in [1.29, 1.82) is 0 Å². The fourth-order valence-corrected chi connectivity index (χ4v) is 3.30. The lowest BCUT2D eigenvalue weighted by atomic mass is 10.1. The summed E-state index contributed by atoms with van der Waals surface area (Å²) < 4.78 is 13.8. The first kappa shape index (κ1) is 17.9. The molecule has 0 bridgehead atoms. The average molecular weight is 360 g/mol. The van der Waals surface area contributed by atoms with Gasteiger partial charge in [0.15, 0.2) is 0 Å². The van der Waals surface area contributed by atoms with E-state index in [0.717, 1.165) is 60.1 Å². The lowest BCUT2D eigenvalue weighted by Gasteiger charge is -2.19. The van der Waals surface area contributed by atoms with Gasteiger partial charge in [0.2, 0.25) is 0 Å². The SMILES string of the molecule is CCN(CC)CCCNc1c2ccc(Cl)cc2nc2ccc(F)cc12. The molecular weight excluding hydrogens is 337 g/mol. The molecule has 25 heavy (non-hydrogen) atoms. The Balaban J connectivity index is 1.93. The van der Waals surface area contributed by atoms with Gasteiger partial charge in [-0.3, -0.25) is 0 Å². The minimum absolute atomic E-state index is 0.256. The summed E-state index contributed by atoms with van der Waals surface area (Å²) in [4.78, 5) is 7.02. The Kier molecular flexibility index (Phi) is 5.71. The predicted molar refractivity (Wildman–Crippen MR) is 105 cm³/mol. The van der Waals surface area contributed by atoms with Crippen LogP contribution >= 0.6 is 11.6 Å². The topological polar surface area (TPSA) is 28.2 Å². The van der Waals surface area contributed by atoms with Crippen LogP contribution in [0.5, 0.6) is 0 Å². The minimum atomic E-state index is -0.256. The molecule has 0 fully saturated rings. The van der Waals surface area contributed by atoms with Crippen LogP contribution < -0.4 is 5.32 Å². The molecule has 0 aliphatic rings.